The predicted molar refractivity (Wildman–Crippen MR) is 99.6 cm³/mol. The van der Waals surface area contributed by atoms with Crippen molar-refractivity contribution in [2.24, 2.45) is 17.8 Å². The molecule has 1 aliphatic heterocycles. The summed E-state index contributed by atoms with van der Waals surface area (Å²) in [5.74, 6) is 1.86. The van der Waals surface area contributed by atoms with E-state index in [4.69, 9.17) is 0 Å². The van der Waals surface area contributed by atoms with Gasteiger partial charge in [-0.3, -0.25) is 20.2 Å². The van der Waals surface area contributed by atoms with Gasteiger partial charge in [0.05, 0.1) is 15.9 Å². The van der Waals surface area contributed by atoms with Crippen LogP contribution in [0.4, 0.5) is 17.1 Å². The maximum absolute atomic E-state index is 11.2. The van der Waals surface area contributed by atoms with Gasteiger partial charge in [-0.25, -0.2) is 0 Å². The molecule has 2 aliphatic carbocycles. The number of anilines is 1. The molecule has 2 saturated carbocycles. The van der Waals surface area contributed by atoms with Gasteiger partial charge in [-0.2, -0.15) is 0 Å². The van der Waals surface area contributed by atoms with Crippen molar-refractivity contribution in [3.05, 3.63) is 73.8 Å². The van der Waals surface area contributed by atoms with Crippen LogP contribution >= 0.6 is 0 Å². The Hall–Kier alpha value is -2.96. The molecule has 3 aliphatic rings. The van der Waals surface area contributed by atoms with E-state index in [9.17, 15) is 20.2 Å². The lowest BCUT2D eigenvalue weighted by molar-refractivity contribution is -0.385. The highest BCUT2D eigenvalue weighted by molar-refractivity contribution is 5.62. The van der Waals surface area contributed by atoms with Gasteiger partial charge in [-0.15, -0.1) is 0 Å². The van der Waals surface area contributed by atoms with Crippen LogP contribution in [0.5, 0.6) is 0 Å². The van der Waals surface area contributed by atoms with E-state index < -0.39 is 0 Å². The van der Waals surface area contributed by atoms with Gasteiger partial charge in [-0.05, 0) is 60.1 Å². The first-order valence-corrected chi connectivity index (χ1v) is 9.32. The molecule has 0 amide bonds. The Bertz CT molecular complexity index is 943. The maximum atomic E-state index is 11.2. The third kappa shape index (κ3) is 2.41. The Labute approximate surface area is 155 Å². The Morgan fingerprint density at radius 2 is 1.56 bits per heavy atom. The van der Waals surface area contributed by atoms with E-state index in [0.29, 0.717) is 23.7 Å². The molecule has 1 heterocycles. The fourth-order valence-electron chi connectivity index (χ4n) is 5.72. The predicted octanol–water partition coefficient (Wildman–Crippen LogP) is 4.80. The number of hydrogen-bond acceptors (Lipinski definition) is 5. The Morgan fingerprint density at radius 1 is 0.889 bits per heavy atom. The van der Waals surface area contributed by atoms with Crippen molar-refractivity contribution in [1.29, 1.82) is 0 Å². The maximum Gasteiger partial charge on any atom is 0.269 e. The average Bonchev–Trinajstić information content (AvgIpc) is 3.29. The minimum atomic E-state index is -0.382. The molecule has 27 heavy (non-hydrogen) atoms. The van der Waals surface area contributed by atoms with Crippen LogP contribution in [-0.4, -0.2) is 9.85 Å². The van der Waals surface area contributed by atoms with E-state index in [-0.39, 0.29) is 27.3 Å². The summed E-state index contributed by atoms with van der Waals surface area (Å²) in [4.78, 5) is 21.5. The molecule has 5 rings (SSSR count). The van der Waals surface area contributed by atoms with E-state index in [1.807, 2.05) is 18.2 Å². The van der Waals surface area contributed by atoms with E-state index in [1.165, 1.54) is 19.3 Å². The summed E-state index contributed by atoms with van der Waals surface area (Å²) < 4.78 is 0. The first-order chi connectivity index (χ1) is 13.0. The van der Waals surface area contributed by atoms with Crippen LogP contribution in [-0.2, 0) is 0 Å². The molecule has 0 aromatic heterocycles. The molecule has 2 aromatic carbocycles. The molecule has 2 fully saturated rings. The highest BCUT2D eigenvalue weighted by Gasteiger charge is 2.54. The molecule has 0 saturated heterocycles. The summed E-state index contributed by atoms with van der Waals surface area (Å²) >= 11 is 0. The Kier molecular flexibility index (Phi) is 3.47. The van der Waals surface area contributed by atoms with Crippen molar-refractivity contribution in [1.82, 2.24) is 0 Å². The zero-order chi connectivity index (χ0) is 18.7. The van der Waals surface area contributed by atoms with Crippen LogP contribution in [0.1, 0.15) is 42.3 Å². The largest absolute Gasteiger partial charge is 0.378 e. The molecule has 0 unspecified atom stereocenters. The fourth-order valence-corrected chi connectivity index (χ4v) is 5.72. The number of nitrogens with one attached hydrogen (secondary N) is 1. The lowest BCUT2D eigenvalue weighted by Crippen LogP contribution is -2.35. The SMILES string of the molecule is O=[N+]([O-])c1ccc([C@@H]2Nc3ccc([N+](=O)[O-])cc3[C@H]3[C@H]4CC[C@@H](C4)[C@H]32)cc1. The summed E-state index contributed by atoms with van der Waals surface area (Å²) in [5, 5.41) is 25.8. The summed E-state index contributed by atoms with van der Waals surface area (Å²) in [6, 6.07) is 12.0. The zero-order valence-electron chi connectivity index (χ0n) is 14.6. The van der Waals surface area contributed by atoms with Crippen LogP contribution in [0.3, 0.4) is 0 Å². The van der Waals surface area contributed by atoms with Gasteiger partial charge < -0.3 is 5.32 Å². The van der Waals surface area contributed by atoms with Gasteiger partial charge >= 0.3 is 0 Å². The quantitative estimate of drug-likeness (QED) is 0.622. The number of rotatable bonds is 3. The minimum Gasteiger partial charge on any atom is -0.378 e. The van der Waals surface area contributed by atoms with Crippen molar-refractivity contribution in [3.63, 3.8) is 0 Å². The number of benzene rings is 2. The van der Waals surface area contributed by atoms with E-state index in [1.54, 1.807) is 24.3 Å². The molecule has 2 aromatic rings. The van der Waals surface area contributed by atoms with Crippen molar-refractivity contribution < 1.29 is 9.85 Å². The second kappa shape index (κ2) is 5.77. The van der Waals surface area contributed by atoms with Crippen LogP contribution in [0.15, 0.2) is 42.5 Å². The van der Waals surface area contributed by atoms with E-state index >= 15 is 0 Å². The third-order valence-corrected chi connectivity index (χ3v) is 6.74. The minimum absolute atomic E-state index is 0.0834. The third-order valence-electron chi connectivity index (χ3n) is 6.74. The van der Waals surface area contributed by atoms with Gasteiger partial charge in [0.2, 0.25) is 0 Å². The van der Waals surface area contributed by atoms with Crippen LogP contribution in [0.25, 0.3) is 0 Å². The Morgan fingerprint density at radius 3 is 2.26 bits per heavy atom. The van der Waals surface area contributed by atoms with Crippen molar-refractivity contribution in [2.45, 2.75) is 31.2 Å². The lowest BCUT2D eigenvalue weighted by atomic mass is 9.68. The normalized spacial score (nSPS) is 30.3. The molecule has 138 valence electrons. The van der Waals surface area contributed by atoms with Crippen LogP contribution in [0.2, 0.25) is 0 Å². The van der Waals surface area contributed by atoms with E-state index in [0.717, 1.165) is 16.8 Å². The highest BCUT2D eigenvalue weighted by atomic mass is 16.6. The number of hydrogen-bond donors (Lipinski definition) is 1. The smallest absolute Gasteiger partial charge is 0.269 e. The molecule has 5 atom stereocenters. The van der Waals surface area contributed by atoms with Crippen molar-refractivity contribution >= 4 is 17.1 Å². The average molecular weight is 365 g/mol. The Balaban J connectivity index is 1.58. The highest BCUT2D eigenvalue weighted by Crippen LogP contribution is 2.63. The molecular weight excluding hydrogens is 346 g/mol. The first-order valence-electron chi connectivity index (χ1n) is 9.32. The first kappa shape index (κ1) is 16.2. The molecular formula is C20H19N3O4. The second-order valence-electron chi connectivity index (χ2n) is 7.94. The monoisotopic (exact) mass is 365 g/mol. The lowest BCUT2D eigenvalue weighted by Gasteiger charge is -2.43. The van der Waals surface area contributed by atoms with Crippen molar-refractivity contribution in [2.75, 3.05) is 5.32 Å². The summed E-state index contributed by atoms with van der Waals surface area (Å²) in [7, 11) is 0. The fraction of sp³-hybridized carbons (Fsp3) is 0.400. The van der Waals surface area contributed by atoms with Crippen LogP contribution < -0.4 is 5.32 Å². The zero-order valence-corrected chi connectivity index (χ0v) is 14.6. The van der Waals surface area contributed by atoms with Gasteiger partial charge in [0.15, 0.2) is 0 Å². The number of nitrogens with zero attached hydrogens (tertiary/aromatic N) is 2. The number of non-ortho nitro benzene ring substituents is 2. The van der Waals surface area contributed by atoms with E-state index in [2.05, 4.69) is 5.32 Å². The summed E-state index contributed by atoms with van der Waals surface area (Å²) in [6.07, 6.45) is 3.55. The van der Waals surface area contributed by atoms with Gasteiger partial charge in [0.25, 0.3) is 11.4 Å². The second-order valence-corrected chi connectivity index (χ2v) is 7.94. The van der Waals surface area contributed by atoms with Gasteiger partial charge in [0.1, 0.15) is 0 Å². The number of fused-ring (bicyclic) bond motifs is 7. The molecule has 7 heteroatoms. The molecule has 0 spiro atoms. The molecule has 7 nitrogen and oxygen atoms in total. The summed E-state index contributed by atoms with van der Waals surface area (Å²) in [6.45, 7) is 0. The summed E-state index contributed by atoms with van der Waals surface area (Å²) in [5.41, 5.74) is 3.31. The van der Waals surface area contributed by atoms with Gasteiger partial charge in [0, 0.05) is 30.0 Å². The van der Waals surface area contributed by atoms with Crippen molar-refractivity contribution in [3.8, 4) is 0 Å². The molecule has 2 bridgehead atoms. The number of nitro groups is 2. The molecule has 0 radical (unpaired) electrons. The molecule has 1 N–H and O–H groups in total. The van der Waals surface area contributed by atoms with Crippen LogP contribution in [0, 0.1) is 38.0 Å². The number of nitro benzene ring substituents is 2. The standard InChI is InChI=1S/C20H19N3O4/c24-22(25)14-5-3-11(4-6-14)20-19-13-2-1-12(9-13)18(19)16-10-15(23(26)27)7-8-17(16)21-20/h3-8,10,12-13,18-21H,1-2,9H2/t12-,13-,18+,19+,20-/m0/s1. The topological polar surface area (TPSA) is 98.3 Å². The van der Waals surface area contributed by atoms with Gasteiger partial charge in [-0.1, -0.05) is 12.1 Å².